The van der Waals surface area contributed by atoms with Crippen LogP contribution in [-0.2, 0) is 0 Å². The van der Waals surface area contributed by atoms with Crippen LogP contribution in [0.3, 0.4) is 0 Å². The fourth-order valence-electron chi connectivity index (χ4n) is 2.45. The smallest absolute Gasteiger partial charge is 0.319 e. The normalized spacial score (nSPS) is 14.9. The fourth-order valence-corrected chi connectivity index (χ4v) is 2.45. The Kier molecular flexibility index (Phi) is 4.26. The molecular weight excluding hydrogens is 294 g/mol. The number of hydrogen-bond acceptors (Lipinski definition) is 4. The molecule has 1 aromatic carbocycles. The van der Waals surface area contributed by atoms with Gasteiger partial charge in [0.05, 0.1) is 5.60 Å². The Morgan fingerprint density at radius 2 is 2.13 bits per heavy atom. The van der Waals surface area contributed by atoms with E-state index in [9.17, 15) is 9.90 Å². The first-order valence-electron chi connectivity index (χ1n) is 8.20. The predicted molar refractivity (Wildman–Crippen MR) is 88.5 cm³/mol. The number of fused-ring (bicyclic) bond motifs is 1. The van der Waals surface area contributed by atoms with Crippen molar-refractivity contribution in [2.24, 2.45) is 0 Å². The van der Waals surface area contributed by atoms with Crippen LogP contribution in [0.4, 0.5) is 10.5 Å². The number of aromatic nitrogens is 1. The quantitative estimate of drug-likeness (QED) is 0.762. The molecule has 1 fully saturated rings. The van der Waals surface area contributed by atoms with Gasteiger partial charge in [0.15, 0.2) is 11.5 Å². The fraction of sp³-hybridized carbons (Fsp3) is 0.529. The Morgan fingerprint density at radius 3 is 2.78 bits per heavy atom. The highest BCUT2D eigenvalue weighted by Gasteiger charge is 2.29. The first-order valence-corrected chi connectivity index (χ1v) is 8.20. The molecule has 23 heavy (non-hydrogen) atoms. The van der Waals surface area contributed by atoms with E-state index in [4.69, 9.17) is 4.42 Å². The lowest BCUT2D eigenvalue weighted by molar-refractivity contribution is 0.0354. The summed E-state index contributed by atoms with van der Waals surface area (Å²) in [6.45, 7) is 4.03. The van der Waals surface area contributed by atoms with E-state index in [-0.39, 0.29) is 12.6 Å². The summed E-state index contributed by atoms with van der Waals surface area (Å²) in [4.78, 5) is 16.4. The molecule has 2 aromatic rings. The van der Waals surface area contributed by atoms with Crippen LogP contribution in [0, 0.1) is 0 Å². The number of hydrogen-bond donors (Lipinski definition) is 3. The minimum atomic E-state index is -0.855. The van der Waals surface area contributed by atoms with Crippen molar-refractivity contribution < 1.29 is 14.3 Å². The number of carbonyl (C=O) groups excluding carboxylic acids is 1. The molecule has 0 unspecified atom stereocenters. The van der Waals surface area contributed by atoms with Crippen LogP contribution in [0.25, 0.3) is 11.1 Å². The molecule has 0 bridgehead atoms. The van der Waals surface area contributed by atoms with Crippen molar-refractivity contribution >= 4 is 22.8 Å². The Bertz CT molecular complexity index is 702. The molecule has 6 heteroatoms. The van der Waals surface area contributed by atoms with Gasteiger partial charge in [-0.15, -0.1) is 0 Å². The lowest BCUT2D eigenvalue weighted by Crippen LogP contribution is -2.43. The number of aliphatic hydroxyl groups is 1. The summed E-state index contributed by atoms with van der Waals surface area (Å²) >= 11 is 0. The summed E-state index contributed by atoms with van der Waals surface area (Å²) in [6, 6.07) is 5.07. The molecule has 0 saturated heterocycles. The van der Waals surface area contributed by atoms with Gasteiger partial charge in [0.25, 0.3) is 0 Å². The number of anilines is 1. The van der Waals surface area contributed by atoms with Gasteiger partial charge in [-0.1, -0.05) is 13.8 Å². The van der Waals surface area contributed by atoms with E-state index < -0.39 is 5.60 Å². The summed E-state index contributed by atoms with van der Waals surface area (Å²) < 4.78 is 5.70. The largest absolute Gasteiger partial charge is 0.440 e. The number of benzene rings is 1. The Labute approximate surface area is 135 Å². The standard InChI is InChI=1S/C17H23N3O3/c1-3-17(22,4-2)10-18-16(21)19-12-7-8-14-13(9-12)20-15(23-14)11-5-6-11/h7-9,11,22H,3-6,10H2,1-2H3,(H2,18,19,21). The molecule has 1 heterocycles. The molecule has 3 N–H and O–H groups in total. The Hall–Kier alpha value is -2.08. The van der Waals surface area contributed by atoms with E-state index in [0.717, 1.165) is 29.8 Å². The maximum absolute atomic E-state index is 12.0. The third-order valence-electron chi connectivity index (χ3n) is 4.48. The Morgan fingerprint density at radius 1 is 1.39 bits per heavy atom. The van der Waals surface area contributed by atoms with Crippen LogP contribution in [0.15, 0.2) is 22.6 Å². The highest BCUT2D eigenvalue weighted by atomic mass is 16.3. The van der Waals surface area contributed by atoms with Crippen molar-refractivity contribution in [3.63, 3.8) is 0 Å². The lowest BCUT2D eigenvalue weighted by Gasteiger charge is -2.25. The highest BCUT2D eigenvalue weighted by Crippen LogP contribution is 2.40. The number of carbonyl (C=O) groups is 1. The van der Waals surface area contributed by atoms with Crippen molar-refractivity contribution in [1.82, 2.24) is 10.3 Å². The SMILES string of the molecule is CCC(O)(CC)CNC(=O)Nc1ccc2oc(C3CC3)nc2c1. The van der Waals surface area contributed by atoms with Crippen LogP contribution in [0.2, 0.25) is 0 Å². The maximum atomic E-state index is 12.0. The zero-order valence-electron chi connectivity index (χ0n) is 13.6. The molecule has 6 nitrogen and oxygen atoms in total. The molecule has 1 saturated carbocycles. The molecule has 0 spiro atoms. The van der Waals surface area contributed by atoms with Gasteiger partial charge >= 0.3 is 6.03 Å². The van der Waals surface area contributed by atoms with E-state index in [1.54, 1.807) is 12.1 Å². The van der Waals surface area contributed by atoms with Crippen molar-refractivity contribution in [1.29, 1.82) is 0 Å². The first-order chi connectivity index (χ1) is 11.0. The number of oxazole rings is 1. The molecule has 124 valence electrons. The first kappa shape index (κ1) is 15.8. The lowest BCUT2D eigenvalue weighted by atomic mass is 9.98. The predicted octanol–water partition coefficient (Wildman–Crippen LogP) is 3.38. The molecule has 2 amide bonds. The van der Waals surface area contributed by atoms with E-state index in [1.165, 1.54) is 0 Å². The minimum absolute atomic E-state index is 0.226. The van der Waals surface area contributed by atoms with Gasteiger partial charge in [-0.2, -0.15) is 0 Å². The summed E-state index contributed by atoms with van der Waals surface area (Å²) in [5.74, 6) is 1.25. The minimum Gasteiger partial charge on any atom is -0.440 e. The second-order valence-corrected chi connectivity index (χ2v) is 6.25. The molecule has 0 atom stereocenters. The van der Waals surface area contributed by atoms with Crippen molar-refractivity contribution in [2.45, 2.75) is 51.0 Å². The van der Waals surface area contributed by atoms with Crippen LogP contribution >= 0.6 is 0 Å². The maximum Gasteiger partial charge on any atom is 0.319 e. The van der Waals surface area contributed by atoms with E-state index in [0.29, 0.717) is 24.4 Å². The summed E-state index contributed by atoms with van der Waals surface area (Å²) in [7, 11) is 0. The molecule has 1 aliphatic carbocycles. The van der Waals surface area contributed by atoms with Crippen LogP contribution in [0.5, 0.6) is 0 Å². The monoisotopic (exact) mass is 317 g/mol. The molecule has 0 radical (unpaired) electrons. The molecule has 1 aliphatic rings. The van der Waals surface area contributed by atoms with Crippen molar-refractivity contribution in [2.75, 3.05) is 11.9 Å². The van der Waals surface area contributed by atoms with Crippen molar-refractivity contribution in [3.05, 3.63) is 24.1 Å². The number of nitrogens with zero attached hydrogens (tertiary/aromatic N) is 1. The molecular formula is C17H23N3O3. The summed E-state index contributed by atoms with van der Waals surface area (Å²) in [5, 5.41) is 15.7. The van der Waals surface area contributed by atoms with E-state index >= 15 is 0 Å². The van der Waals surface area contributed by atoms with Gasteiger partial charge in [-0.05, 0) is 43.9 Å². The second-order valence-electron chi connectivity index (χ2n) is 6.25. The average Bonchev–Trinajstić information content (AvgIpc) is 3.32. The molecule has 3 rings (SSSR count). The zero-order valence-corrected chi connectivity index (χ0v) is 13.6. The van der Waals surface area contributed by atoms with Gasteiger partial charge in [0.2, 0.25) is 0 Å². The highest BCUT2D eigenvalue weighted by molar-refractivity contribution is 5.91. The van der Waals surface area contributed by atoms with Crippen molar-refractivity contribution in [3.8, 4) is 0 Å². The second kappa shape index (κ2) is 6.20. The number of urea groups is 1. The Balaban J connectivity index is 1.62. The topological polar surface area (TPSA) is 87.4 Å². The van der Waals surface area contributed by atoms with Crippen LogP contribution in [0.1, 0.15) is 51.3 Å². The number of rotatable bonds is 6. The van der Waals surface area contributed by atoms with Crippen LogP contribution < -0.4 is 10.6 Å². The number of amides is 2. The van der Waals surface area contributed by atoms with Crippen LogP contribution in [-0.4, -0.2) is 28.3 Å². The number of nitrogens with one attached hydrogen (secondary N) is 2. The van der Waals surface area contributed by atoms with Gasteiger partial charge in [0, 0.05) is 18.2 Å². The van der Waals surface area contributed by atoms with Gasteiger partial charge in [-0.3, -0.25) is 0 Å². The third-order valence-corrected chi connectivity index (χ3v) is 4.48. The zero-order chi connectivity index (χ0) is 16.4. The summed E-state index contributed by atoms with van der Waals surface area (Å²) in [5.41, 5.74) is 1.29. The molecule has 0 aliphatic heterocycles. The van der Waals surface area contributed by atoms with E-state index in [1.807, 2.05) is 19.9 Å². The third kappa shape index (κ3) is 3.64. The molecule has 1 aromatic heterocycles. The van der Waals surface area contributed by atoms with Gasteiger partial charge in [-0.25, -0.2) is 9.78 Å². The van der Waals surface area contributed by atoms with E-state index in [2.05, 4.69) is 15.6 Å². The van der Waals surface area contributed by atoms with Gasteiger partial charge in [0.1, 0.15) is 5.52 Å². The summed E-state index contributed by atoms with van der Waals surface area (Å²) in [6.07, 6.45) is 3.47. The van der Waals surface area contributed by atoms with Gasteiger partial charge < -0.3 is 20.2 Å². The average molecular weight is 317 g/mol.